The lowest BCUT2D eigenvalue weighted by molar-refractivity contribution is 0.0390. The van der Waals surface area contributed by atoms with Crippen molar-refractivity contribution in [3.8, 4) is 0 Å². The summed E-state index contributed by atoms with van der Waals surface area (Å²) in [5.41, 5.74) is 0. The van der Waals surface area contributed by atoms with Crippen molar-refractivity contribution in [3.63, 3.8) is 0 Å². The molecule has 0 amide bonds. The van der Waals surface area contributed by atoms with Crippen LogP contribution in [-0.2, 0) is 4.74 Å². The highest BCUT2D eigenvalue weighted by Gasteiger charge is 2.38. The van der Waals surface area contributed by atoms with E-state index in [9.17, 15) is 4.39 Å². The van der Waals surface area contributed by atoms with Crippen LogP contribution in [0.2, 0.25) is 0 Å². The van der Waals surface area contributed by atoms with Gasteiger partial charge in [0, 0.05) is 0 Å². The quantitative estimate of drug-likeness (QED) is 0.552. The number of aliphatic hydroxyl groups excluding tert-OH is 2. The maximum Gasteiger partial charge on any atom is 0.112 e. The molecular weight excluding hydrogens is 151 g/mol. The fourth-order valence-electron chi connectivity index (χ4n) is 0.962. The molecule has 4 atom stereocenters. The van der Waals surface area contributed by atoms with Gasteiger partial charge in [-0.3, -0.25) is 0 Å². The number of hydrogen-bond donors (Lipinski definition) is 2. The second kappa shape index (κ2) is 3.30. The van der Waals surface area contributed by atoms with Crippen LogP contribution in [0.15, 0.2) is 12.4 Å². The fourth-order valence-corrected chi connectivity index (χ4v) is 0.962. The fraction of sp³-hybridized carbons (Fsp3) is 0.571. The predicted molar refractivity (Wildman–Crippen MR) is 35.2 cm³/mol. The lowest BCUT2D eigenvalue weighted by Gasteiger charge is -2.08. The highest BCUT2D eigenvalue weighted by molar-refractivity contribution is 5.00. The van der Waals surface area contributed by atoms with Gasteiger partial charge in [0.2, 0.25) is 0 Å². The van der Waals surface area contributed by atoms with E-state index in [2.05, 4.69) is 0 Å². The summed E-state index contributed by atoms with van der Waals surface area (Å²) in [6, 6.07) is 0. The van der Waals surface area contributed by atoms with Gasteiger partial charge in [0.1, 0.15) is 18.3 Å². The van der Waals surface area contributed by atoms with Gasteiger partial charge < -0.3 is 14.9 Å². The summed E-state index contributed by atoms with van der Waals surface area (Å²) in [4.78, 5) is 0. The molecule has 0 aliphatic carbocycles. The van der Waals surface area contributed by atoms with E-state index in [-0.39, 0.29) is 6.33 Å². The van der Waals surface area contributed by atoms with Crippen LogP contribution in [-0.4, -0.2) is 34.6 Å². The lowest BCUT2D eigenvalue weighted by atomic mass is 10.1. The summed E-state index contributed by atoms with van der Waals surface area (Å²) in [7, 11) is 0. The first kappa shape index (κ1) is 8.64. The molecule has 1 aliphatic rings. The van der Waals surface area contributed by atoms with Gasteiger partial charge in [0.15, 0.2) is 0 Å². The van der Waals surface area contributed by atoms with Crippen LogP contribution in [0.4, 0.5) is 4.39 Å². The van der Waals surface area contributed by atoms with Crippen LogP contribution in [0, 0.1) is 6.92 Å². The Morgan fingerprint density at radius 3 is 2.36 bits per heavy atom. The van der Waals surface area contributed by atoms with Crippen LogP contribution in [0.5, 0.6) is 0 Å². The van der Waals surface area contributed by atoms with E-state index in [0.717, 1.165) is 6.08 Å². The Morgan fingerprint density at radius 2 is 2.00 bits per heavy atom. The minimum absolute atomic E-state index is 0.249. The Labute approximate surface area is 64.1 Å². The van der Waals surface area contributed by atoms with Crippen LogP contribution in [0.25, 0.3) is 0 Å². The second-order valence-electron chi connectivity index (χ2n) is 2.36. The largest absolute Gasteiger partial charge is 0.388 e. The Balaban J connectivity index is 2.59. The molecule has 1 aliphatic heterocycles. The molecule has 0 aromatic heterocycles. The summed E-state index contributed by atoms with van der Waals surface area (Å²) in [6.07, 6.45) is -2.82. The van der Waals surface area contributed by atoms with Crippen LogP contribution >= 0.6 is 0 Å². The summed E-state index contributed by atoms with van der Waals surface area (Å²) in [5.74, 6) is 0. The number of rotatable bonds is 1. The summed E-state index contributed by atoms with van der Waals surface area (Å²) < 4.78 is 16.4. The molecule has 2 radical (unpaired) electrons. The Hall–Kier alpha value is -0.450. The molecule has 1 saturated heterocycles. The zero-order valence-corrected chi connectivity index (χ0v) is 5.72. The molecule has 1 unspecified atom stereocenters. The van der Waals surface area contributed by atoms with E-state index >= 15 is 0 Å². The molecule has 1 rings (SSSR count). The minimum atomic E-state index is -1.14. The molecule has 2 N–H and O–H groups in total. The van der Waals surface area contributed by atoms with Crippen molar-refractivity contribution in [3.05, 3.63) is 19.3 Å². The van der Waals surface area contributed by atoms with E-state index in [1.54, 1.807) is 0 Å². The van der Waals surface area contributed by atoms with E-state index in [0.29, 0.717) is 0 Å². The summed E-state index contributed by atoms with van der Waals surface area (Å²) >= 11 is 0. The standard InChI is InChI=1S/C7H9FO3/c1-4-6(9)7(10)5(11-4)2-3-8/h1-7,9-10H/b3-2-/t4-,5+,6?,7-/m0/s1. The van der Waals surface area contributed by atoms with Crippen molar-refractivity contribution in [2.45, 2.75) is 24.4 Å². The Kier molecular flexibility index (Phi) is 2.59. The highest BCUT2D eigenvalue weighted by Crippen LogP contribution is 2.21. The monoisotopic (exact) mass is 160 g/mol. The predicted octanol–water partition coefficient (Wildman–Crippen LogP) is -0.330. The van der Waals surface area contributed by atoms with E-state index in [1.165, 1.54) is 0 Å². The third kappa shape index (κ3) is 1.58. The van der Waals surface area contributed by atoms with E-state index in [4.69, 9.17) is 21.9 Å². The molecule has 0 bridgehead atoms. The highest BCUT2D eigenvalue weighted by atomic mass is 19.1. The van der Waals surface area contributed by atoms with Crippen molar-refractivity contribution in [1.82, 2.24) is 0 Å². The van der Waals surface area contributed by atoms with Crippen molar-refractivity contribution >= 4 is 0 Å². The van der Waals surface area contributed by atoms with Gasteiger partial charge in [-0.2, -0.15) is 0 Å². The lowest BCUT2D eigenvalue weighted by Crippen LogP contribution is -2.30. The summed E-state index contributed by atoms with van der Waals surface area (Å²) in [5, 5.41) is 18.1. The molecular formula is C7H9FO3. The molecule has 1 fully saturated rings. The molecule has 11 heavy (non-hydrogen) atoms. The minimum Gasteiger partial charge on any atom is -0.388 e. The van der Waals surface area contributed by atoms with E-state index < -0.39 is 24.4 Å². The zero-order valence-electron chi connectivity index (χ0n) is 5.72. The van der Waals surface area contributed by atoms with Gasteiger partial charge in [0.25, 0.3) is 0 Å². The third-order valence-electron chi connectivity index (χ3n) is 1.60. The van der Waals surface area contributed by atoms with Crippen LogP contribution in [0.1, 0.15) is 0 Å². The van der Waals surface area contributed by atoms with Gasteiger partial charge >= 0.3 is 0 Å². The number of halogens is 1. The smallest absolute Gasteiger partial charge is 0.112 e. The van der Waals surface area contributed by atoms with Crippen molar-refractivity contribution in [1.29, 1.82) is 0 Å². The first-order chi connectivity index (χ1) is 5.16. The molecule has 62 valence electrons. The molecule has 3 nitrogen and oxygen atoms in total. The van der Waals surface area contributed by atoms with Crippen molar-refractivity contribution < 1.29 is 19.3 Å². The molecule has 4 heteroatoms. The van der Waals surface area contributed by atoms with Crippen LogP contribution in [0.3, 0.4) is 0 Å². The van der Waals surface area contributed by atoms with Gasteiger partial charge in [-0.25, -0.2) is 4.39 Å². The molecule has 0 aromatic carbocycles. The van der Waals surface area contributed by atoms with Crippen molar-refractivity contribution in [2.24, 2.45) is 0 Å². The first-order valence-electron chi connectivity index (χ1n) is 3.21. The normalized spacial score (nSPS) is 45.5. The molecule has 1 heterocycles. The van der Waals surface area contributed by atoms with Gasteiger partial charge in [0.05, 0.1) is 12.4 Å². The zero-order chi connectivity index (χ0) is 8.43. The summed E-state index contributed by atoms with van der Waals surface area (Å²) in [6.45, 7) is 5.20. The van der Waals surface area contributed by atoms with Gasteiger partial charge in [-0.1, -0.05) is 0 Å². The topological polar surface area (TPSA) is 49.7 Å². The maximum atomic E-state index is 11.6. The Bertz CT molecular complexity index is 160. The van der Waals surface area contributed by atoms with Gasteiger partial charge in [-0.05, 0) is 13.0 Å². The average Bonchev–Trinajstić information content (AvgIpc) is 2.19. The van der Waals surface area contributed by atoms with Crippen molar-refractivity contribution in [2.75, 3.05) is 0 Å². The van der Waals surface area contributed by atoms with E-state index in [1.807, 2.05) is 0 Å². The maximum absolute atomic E-state index is 11.6. The Morgan fingerprint density at radius 1 is 1.36 bits per heavy atom. The SMILES string of the molecule is [CH][C@@H]1O[C@H](/C=C\F)[C@H](O)C1O. The van der Waals surface area contributed by atoms with Crippen LogP contribution < -0.4 is 0 Å². The van der Waals surface area contributed by atoms with Gasteiger partial charge in [-0.15, -0.1) is 0 Å². The molecule has 0 aromatic rings. The first-order valence-corrected chi connectivity index (χ1v) is 3.21. The number of aliphatic hydroxyl groups is 2. The number of hydrogen-bond acceptors (Lipinski definition) is 3. The number of ether oxygens (including phenoxy) is 1. The average molecular weight is 160 g/mol. The molecule has 0 saturated carbocycles. The third-order valence-corrected chi connectivity index (χ3v) is 1.60. The molecule has 0 spiro atoms. The second-order valence-corrected chi connectivity index (χ2v) is 2.36.